The van der Waals surface area contributed by atoms with Crippen LogP contribution in [-0.4, -0.2) is 50.4 Å². The Hall–Kier alpha value is -0.260. The summed E-state index contributed by atoms with van der Waals surface area (Å²) < 4.78 is 10.4. The quantitative estimate of drug-likeness (QED) is 0.700. The lowest BCUT2D eigenvalue weighted by Gasteiger charge is -2.36. The Morgan fingerprint density at radius 1 is 1.20 bits per heavy atom. The zero-order valence-electron chi connectivity index (χ0n) is 12.6. The molecule has 2 fully saturated rings. The van der Waals surface area contributed by atoms with Gasteiger partial charge in [0.1, 0.15) is 0 Å². The van der Waals surface area contributed by atoms with E-state index >= 15 is 0 Å². The molecule has 2 rings (SSSR count). The molecule has 0 aromatic carbocycles. The summed E-state index contributed by atoms with van der Waals surface area (Å²) in [6.45, 7) is 3.12. The molecule has 2 aliphatic rings. The number of rotatable bonds is 8. The smallest absolute Gasteiger partial charge is 0.156 e. The molecule has 2 unspecified atom stereocenters. The molecule has 1 saturated carbocycles. The molecular weight excluding hydrogens is 272 g/mol. The minimum Gasteiger partial charge on any atom is -0.382 e. The molecule has 0 aromatic rings. The second kappa shape index (κ2) is 9.64. The molecule has 1 saturated heterocycles. The molecular formula is C15H28N2O2S. The van der Waals surface area contributed by atoms with Crippen molar-refractivity contribution in [1.82, 2.24) is 5.32 Å². The van der Waals surface area contributed by atoms with Crippen LogP contribution in [0.2, 0.25) is 0 Å². The van der Waals surface area contributed by atoms with Gasteiger partial charge in [0.2, 0.25) is 0 Å². The van der Waals surface area contributed by atoms with Crippen molar-refractivity contribution in [1.29, 1.82) is 0 Å². The molecule has 5 heteroatoms. The predicted octanol–water partition coefficient (Wildman–Crippen LogP) is 2.68. The van der Waals surface area contributed by atoms with Gasteiger partial charge in [0.25, 0.3) is 0 Å². The van der Waals surface area contributed by atoms with Crippen LogP contribution in [0.4, 0.5) is 0 Å². The van der Waals surface area contributed by atoms with Gasteiger partial charge in [0, 0.05) is 32.1 Å². The first-order chi connectivity index (χ1) is 9.90. The lowest BCUT2D eigenvalue weighted by Crippen LogP contribution is -2.46. The lowest BCUT2D eigenvalue weighted by atomic mass is 9.86. The summed E-state index contributed by atoms with van der Waals surface area (Å²) in [5.74, 6) is 2.14. The van der Waals surface area contributed by atoms with Gasteiger partial charge in [-0.15, -0.1) is 0 Å². The van der Waals surface area contributed by atoms with E-state index in [0.29, 0.717) is 19.3 Å². The fourth-order valence-electron chi connectivity index (χ4n) is 2.82. The monoisotopic (exact) mass is 300 g/mol. The highest BCUT2D eigenvalue weighted by atomic mass is 32.2. The molecule has 0 spiro atoms. The third kappa shape index (κ3) is 5.62. The highest BCUT2D eigenvalue weighted by Crippen LogP contribution is 2.31. The number of nitrogens with zero attached hydrogens (tertiary/aromatic N) is 1. The maximum atomic E-state index is 5.44. The molecule has 1 heterocycles. The Bertz CT molecular complexity index is 300. The van der Waals surface area contributed by atoms with E-state index in [9.17, 15) is 0 Å². The van der Waals surface area contributed by atoms with E-state index in [1.165, 1.54) is 36.6 Å². The van der Waals surface area contributed by atoms with Gasteiger partial charge in [-0.2, -0.15) is 0 Å². The third-order valence-corrected chi connectivity index (χ3v) is 5.15. The first kappa shape index (κ1) is 16.1. The molecule has 0 radical (unpaired) electrons. The Kier molecular flexibility index (Phi) is 7.76. The molecule has 4 nitrogen and oxygen atoms in total. The highest BCUT2D eigenvalue weighted by Gasteiger charge is 2.29. The van der Waals surface area contributed by atoms with Gasteiger partial charge in [0.15, 0.2) is 5.17 Å². The van der Waals surface area contributed by atoms with E-state index < -0.39 is 0 Å². The normalized spacial score (nSPS) is 28.1. The van der Waals surface area contributed by atoms with Crippen LogP contribution in [0.25, 0.3) is 0 Å². The number of aliphatic imine (C=N–C) groups is 1. The summed E-state index contributed by atoms with van der Waals surface area (Å²) in [7, 11) is 1.70. The van der Waals surface area contributed by atoms with E-state index in [2.05, 4.69) is 5.32 Å². The van der Waals surface area contributed by atoms with E-state index in [1.807, 2.05) is 11.8 Å². The number of methoxy groups -OCH3 is 1. The van der Waals surface area contributed by atoms with Crippen molar-refractivity contribution in [2.24, 2.45) is 10.9 Å². The van der Waals surface area contributed by atoms with Crippen LogP contribution in [0.5, 0.6) is 0 Å². The second-order valence-corrected chi connectivity index (χ2v) is 6.61. The Balaban J connectivity index is 1.54. The van der Waals surface area contributed by atoms with Crippen LogP contribution in [0.15, 0.2) is 4.99 Å². The Labute approximate surface area is 127 Å². The summed E-state index contributed by atoms with van der Waals surface area (Å²) in [6, 6.07) is 0.695. The van der Waals surface area contributed by atoms with Crippen molar-refractivity contribution in [2.45, 2.75) is 44.6 Å². The number of ether oxygens (including phenoxy) is 2. The minimum absolute atomic E-state index is 0.686. The summed E-state index contributed by atoms with van der Waals surface area (Å²) in [5, 5.41) is 4.81. The van der Waals surface area contributed by atoms with Gasteiger partial charge in [-0.25, -0.2) is 0 Å². The number of thioether (sulfide) groups is 1. The minimum atomic E-state index is 0.686. The predicted molar refractivity (Wildman–Crippen MR) is 85.6 cm³/mol. The number of fused-ring (bicyclic) bond motifs is 1. The third-order valence-electron chi connectivity index (χ3n) is 4.04. The zero-order chi connectivity index (χ0) is 14.0. The van der Waals surface area contributed by atoms with E-state index in [0.717, 1.165) is 31.9 Å². The number of nitrogens with one attached hydrogen (secondary N) is 1. The SMILES string of the molecule is COCCOCCCCN=C1NC2CCCCC2CS1. The highest BCUT2D eigenvalue weighted by molar-refractivity contribution is 8.13. The summed E-state index contributed by atoms with van der Waals surface area (Å²) in [4.78, 5) is 4.70. The molecule has 1 aliphatic carbocycles. The van der Waals surface area contributed by atoms with Crippen LogP contribution in [0.1, 0.15) is 38.5 Å². The van der Waals surface area contributed by atoms with Crippen LogP contribution < -0.4 is 5.32 Å². The fraction of sp³-hybridized carbons (Fsp3) is 0.933. The maximum absolute atomic E-state index is 5.44. The Morgan fingerprint density at radius 3 is 3.00 bits per heavy atom. The molecule has 0 bridgehead atoms. The first-order valence-electron chi connectivity index (χ1n) is 7.90. The number of hydrogen-bond donors (Lipinski definition) is 1. The molecule has 2 atom stereocenters. The van der Waals surface area contributed by atoms with Crippen molar-refractivity contribution in [2.75, 3.05) is 39.2 Å². The van der Waals surface area contributed by atoms with Crippen molar-refractivity contribution >= 4 is 16.9 Å². The van der Waals surface area contributed by atoms with Gasteiger partial charge >= 0.3 is 0 Å². The van der Waals surface area contributed by atoms with Gasteiger partial charge in [-0.1, -0.05) is 24.6 Å². The second-order valence-electron chi connectivity index (χ2n) is 5.61. The van der Waals surface area contributed by atoms with E-state index in [-0.39, 0.29) is 0 Å². The van der Waals surface area contributed by atoms with Crippen molar-refractivity contribution in [3.05, 3.63) is 0 Å². The van der Waals surface area contributed by atoms with E-state index in [1.54, 1.807) is 7.11 Å². The van der Waals surface area contributed by atoms with Crippen LogP contribution in [-0.2, 0) is 9.47 Å². The molecule has 116 valence electrons. The lowest BCUT2D eigenvalue weighted by molar-refractivity contribution is 0.0690. The summed E-state index contributed by atoms with van der Waals surface area (Å²) in [6.07, 6.45) is 7.71. The number of amidine groups is 1. The largest absolute Gasteiger partial charge is 0.382 e. The van der Waals surface area contributed by atoms with Gasteiger partial charge in [0.05, 0.1) is 13.2 Å². The Morgan fingerprint density at radius 2 is 2.10 bits per heavy atom. The molecule has 1 aliphatic heterocycles. The average Bonchev–Trinajstić information content (AvgIpc) is 2.50. The first-order valence-corrected chi connectivity index (χ1v) is 8.89. The van der Waals surface area contributed by atoms with Crippen LogP contribution >= 0.6 is 11.8 Å². The summed E-state index contributed by atoms with van der Waals surface area (Å²) >= 11 is 1.91. The molecule has 0 amide bonds. The van der Waals surface area contributed by atoms with Gasteiger partial charge < -0.3 is 14.8 Å². The molecule has 0 aromatic heterocycles. The average molecular weight is 300 g/mol. The molecule has 20 heavy (non-hydrogen) atoms. The number of unbranched alkanes of at least 4 members (excludes halogenated alkanes) is 1. The van der Waals surface area contributed by atoms with Crippen molar-refractivity contribution in [3.63, 3.8) is 0 Å². The maximum Gasteiger partial charge on any atom is 0.156 e. The van der Waals surface area contributed by atoms with Crippen LogP contribution in [0.3, 0.4) is 0 Å². The fourth-order valence-corrected chi connectivity index (χ4v) is 4.00. The number of hydrogen-bond acceptors (Lipinski definition) is 4. The molecule has 1 N–H and O–H groups in total. The van der Waals surface area contributed by atoms with Crippen LogP contribution in [0, 0.1) is 5.92 Å². The van der Waals surface area contributed by atoms with Crippen molar-refractivity contribution < 1.29 is 9.47 Å². The van der Waals surface area contributed by atoms with Gasteiger partial charge in [-0.05, 0) is 31.6 Å². The van der Waals surface area contributed by atoms with Crippen molar-refractivity contribution in [3.8, 4) is 0 Å². The van der Waals surface area contributed by atoms with Gasteiger partial charge in [-0.3, -0.25) is 4.99 Å². The zero-order valence-corrected chi connectivity index (χ0v) is 13.4. The van der Waals surface area contributed by atoms with E-state index in [4.69, 9.17) is 14.5 Å². The topological polar surface area (TPSA) is 42.9 Å². The summed E-state index contributed by atoms with van der Waals surface area (Å²) in [5.41, 5.74) is 0. The standard InChI is InChI=1S/C15H28N2O2S/c1-18-10-11-19-9-5-4-8-16-15-17-14-7-3-2-6-13(14)12-20-15/h13-14H,2-12H2,1H3,(H,16,17).